The Bertz CT molecular complexity index is 601. The van der Waals surface area contributed by atoms with E-state index >= 15 is 0 Å². The highest BCUT2D eigenvalue weighted by atomic mass is 35.5. The molecule has 0 aliphatic rings. The van der Waals surface area contributed by atoms with Crippen molar-refractivity contribution in [2.75, 3.05) is 6.54 Å². The predicted octanol–water partition coefficient (Wildman–Crippen LogP) is 2.50. The molecule has 1 heterocycles. The van der Waals surface area contributed by atoms with Crippen LogP contribution in [0.4, 0.5) is 4.39 Å². The number of rotatable bonds is 6. The lowest BCUT2D eigenvalue weighted by Crippen LogP contribution is -2.33. The Kier molecular flexibility index (Phi) is 6.88. The van der Waals surface area contributed by atoms with Crippen LogP contribution in [0, 0.1) is 5.82 Å². The van der Waals surface area contributed by atoms with Crippen LogP contribution >= 0.6 is 12.4 Å². The summed E-state index contributed by atoms with van der Waals surface area (Å²) in [7, 11) is 0. The van der Waals surface area contributed by atoms with Crippen molar-refractivity contribution in [2.24, 2.45) is 5.73 Å². The Morgan fingerprint density at radius 3 is 2.68 bits per heavy atom. The number of nitrogens with two attached hydrogens (primary N) is 1. The predicted molar refractivity (Wildman–Crippen MR) is 82.7 cm³/mol. The van der Waals surface area contributed by atoms with Gasteiger partial charge in [0.2, 0.25) is 0 Å². The standard InChI is InChI=1S/C15H17FN2O3.ClH/c1-10(21-13-4-2-12(16)3-5-13)8-18-15(19)11-6-14(7-17)20-9-11;/h2-6,9-10H,7-8,17H2,1H3,(H,18,19);1H. The number of amides is 1. The second-order valence-electron chi connectivity index (χ2n) is 4.60. The molecule has 0 fully saturated rings. The number of furan rings is 1. The van der Waals surface area contributed by atoms with Gasteiger partial charge in [0.1, 0.15) is 29.7 Å². The van der Waals surface area contributed by atoms with Gasteiger partial charge in [-0.2, -0.15) is 0 Å². The molecule has 0 radical (unpaired) electrons. The van der Waals surface area contributed by atoms with Gasteiger partial charge in [0.05, 0.1) is 18.7 Å². The van der Waals surface area contributed by atoms with Crippen molar-refractivity contribution < 1.29 is 18.3 Å². The van der Waals surface area contributed by atoms with Gasteiger partial charge >= 0.3 is 0 Å². The van der Waals surface area contributed by atoms with Crippen molar-refractivity contribution in [3.8, 4) is 5.75 Å². The molecular weight excluding hydrogens is 311 g/mol. The van der Waals surface area contributed by atoms with E-state index in [4.69, 9.17) is 14.9 Å². The van der Waals surface area contributed by atoms with Gasteiger partial charge in [-0.3, -0.25) is 4.79 Å². The van der Waals surface area contributed by atoms with Crippen molar-refractivity contribution in [3.63, 3.8) is 0 Å². The maximum atomic E-state index is 12.8. The first-order valence-electron chi connectivity index (χ1n) is 6.56. The maximum absolute atomic E-state index is 12.8. The molecule has 5 nitrogen and oxygen atoms in total. The first-order chi connectivity index (χ1) is 10.1. The SMILES string of the molecule is CC(CNC(=O)c1coc(CN)c1)Oc1ccc(F)cc1.Cl. The molecule has 1 amide bonds. The highest BCUT2D eigenvalue weighted by Crippen LogP contribution is 2.13. The molecule has 3 N–H and O–H groups in total. The van der Waals surface area contributed by atoms with E-state index in [2.05, 4.69) is 5.32 Å². The Morgan fingerprint density at radius 1 is 1.41 bits per heavy atom. The van der Waals surface area contributed by atoms with E-state index < -0.39 is 0 Å². The van der Waals surface area contributed by atoms with Gasteiger partial charge in [0.25, 0.3) is 5.91 Å². The zero-order valence-corrected chi connectivity index (χ0v) is 12.9. The van der Waals surface area contributed by atoms with Gasteiger partial charge < -0.3 is 20.2 Å². The quantitative estimate of drug-likeness (QED) is 0.854. The fourth-order valence-electron chi connectivity index (χ4n) is 1.73. The summed E-state index contributed by atoms with van der Waals surface area (Å²) < 4.78 is 23.4. The molecule has 22 heavy (non-hydrogen) atoms. The molecule has 7 heteroatoms. The van der Waals surface area contributed by atoms with Gasteiger partial charge in [0, 0.05) is 0 Å². The van der Waals surface area contributed by atoms with E-state index in [1.165, 1.54) is 30.5 Å². The average Bonchev–Trinajstić information content (AvgIpc) is 2.96. The minimum Gasteiger partial charge on any atom is -0.489 e. The summed E-state index contributed by atoms with van der Waals surface area (Å²) in [4.78, 5) is 11.9. The Morgan fingerprint density at radius 2 is 2.09 bits per heavy atom. The Balaban J connectivity index is 0.00000242. The molecule has 0 saturated heterocycles. The van der Waals surface area contributed by atoms with Gasteiger partial charge in [-0.25, -0.2) is 4.39 Å². The molecule has 0 spiro atoms. The smallest absolute Gasteiger partial charge is 0.254 e. The van der Waals surface area contributed by atoms with Crippen LogP contribution in [-0.2, 0) is 6.54 Å². The minimum absolute atomic E-state index is 0. The van der Waals surface area contributed by atoms with Gasteiger partial charge in [-0.1, -0.05) is 0 Å². The lowest BCUT2D eigenvalue weighted by molar-refractivity contribution is 0.0931. The molecule has 0 aliphatic carbocycles. The highest BCUT2D eigenvalue weighted by molar-refractivity contribution is 5.93. The van der Waals surface area contributed by atoms with Crippen LogP contribution < -0.4 is 15.8 Å². The summed E-state index contributed by atoms with van der Waals surface area (Å²) in [6, 6.07) is 7.32. The molecule has 0 saturated carbocycles. The lowest BCUT2D eigenvalue weighted by atomic mass is 10.2. The summed E-state index contributed by atoms with van der Waals surface area (Å²) in [6.07, 6.45) is 1.11. The fraction of sp³-hybridized carbons (Fsp3) is 0.267. The summed E-state index contributed by atoms with van der Waals surface area (Å²) in [6.45, 7) is 2.38. The van der Waals surface area contributed by atoms with Crippen molar-refractivity contribution in [3.05, 3.63) is 53.7 Å². The van der Waals surface area contributed by atoms with Gasteiger partial charge in [-0.05, 0) is 37.3 Å². The molecule has 0 aliphatic heterocycles. The normalized spacial score (nSPS) is 11.4. The highest BCUT2D eigenvalue weighted by Gasteiger charge is 2.11. The molecule has 1 aromatic heterocycles. The molecule has 0 bridgehead atoms. The van der Waals surface area contributed by atoms with Crippen LogP contribution in [0.25, 0.3) is 0 Å². The Hall–Kier alpha value is -2.05. The first kappa shape index (κ1) is 18.0. The summed E-state index contributed by atoms with van der Waals surface area (Å²) in [5, 5.41) is 2.73. The third-order valence-corrected chi connectivity index (χ3v) is 2.82. The second-order valence-corrected chi connectivity index (χ2v) is 4.60. The molecule has 120 valence electrons. The van der Waals surface area contributed by atoms with E-state index in [9.17, 15) is 9.18 Å². The largest absolute Gasteiger partial charge is 0.489 e. The van der Waals surface area contributed by atoms with E-state index in [-0.39, 0.29) is 36.8 Å². The van der Waals surface area contributed by atoms with Gasteiger partial charge in [0.15, 0.2) is 0 Å². The zero-order chi connectivity index (χ0) is 15.2. The van der Waals surface area contributed by atoms with Crippen LogP contribution in [0.15, 0.2) is 41.0 Å². The summed E-state index contributed by atoms with van der Waals surface area (Å²) in [5.41, 5.74) is 5.83. The zero-order valence-electron chi connectivity index (χ0n) is 12.0. The number of hydrogen-bond acceptors (Lipinski definition) is 4. The monoisotopic (exact) mass is 328 g/mol. The van der Waals surface area contributed by atoms with Crippen molar-refractivity contribution in [1.29, 1.82) is 0 Å². The summed E-state index contributed by atoms with van der Waals surface area (Å²) in [5.74, 6) is 0.523. The molecule has 2 rings (SSSR count). The number of nitrogens with one attached hydrogen (secondary N) is 1. The van der Waals surface area contributed by atoms with E-state index in [0.29, 0.717) is 23.6 Å². The number of benzene rings is 1. The van der Waals surface area contributed by atoms with Gasteiger partial charge in [-0.15, -0.1) is 12.4 Å². The number of ether oxygens (including phenoxy) is 1. The molecular formula is C15H18ClFN2O3. The van der Waals surface area contributed by atoms with Crippen LogP contribution in [0.1, 0.15) is 23.0 Å². The van der Waals surface area contributed by atoms with E-state index in [0.717, 1.165) is 0 Å². The second kappa shape index (κ2) is 8.41. The van der Waals surface area contributed by atoms with E-state index in [1.807, 2.05) is 6.92 Å². The van der Waals surface area contributed by atoms with Crippen molar-refractivity contribution in [1.82, 2.24) is 5.32 Å². The third kappa shape index (κ3) is 5.05. The van der Waals surface area contributed by atoms with E-state index in [1.54, 1.807) is 6.07 Å². The minimum atomic E-state index is -0.320. The van der Waals surface area contributed by atoms with Crippen LogP contribution in [0.5, 0.6) is 5.75 Å². The number of hydrogen-bond donors (Lipinski definition) is 2. The number of carbonyl (C=O) groups is 1. The average molecular weight is 329 g/mol. The fourth-order valence-corrected chi connectivity index (χ4v) is 1.73. The molecule has 1 atom stereocenters. The first-order valence-corrected chi connectivity index (χ1v) is 6.56. The number of carbonyl (C=O) groups excluding carboxylic acids is 1. The Labute approximate surface area is 134 Å². The molecule has 1 aromatic carbocycles. The lowest BCUT2D eigenvalue weighted by Gasteiger charge is -2.15. The van der Waals surface area contributed by atoms with Crippen molar-refractivity contribution in [2.45, 2.75) is 19.6 Å². The third-order valence-electron chi connectivity index (χ3n) is 2.82. The van der Waals surface area contributed by atoms with Crippen molar-refractivity contribution >= 4 is 18.3 Å². The topological polar surface area (TPSA) is 77.5 Å². The molecule has 1 unspecified atom stereocenters. The van der Waals surface area contributed by atoms with Crippen LogP contribution in [-0.4, -0.2) is 18.6 Å². The number of halogens is 2. The summed E-state index contributed by atoms with van der Waals surface area (Å²) >= 11 is 0. The molecule has 2 aromatic rings. The van der Waals surface area contributed by atoms with Crippen LogP contribution in [0.3, 0.4) is 0 Å². The maximum Gasteiger partial charge on any atom is 0.254 e. The van der Waals surface area contributed by atoms with Crippen LogP contribution in [0.2, 0.25) is 0 Å².